The topological polar surface area (TPSA) is 4.93 Å². The van der Waals surface area contributed by atoms with Gasteiger partial charge in [-0.1, -0.05) is 127 Å². The minimum Gasteiger partial charge on any atom is -0.309 e. The SMILES string of the molecule is Cc1ccc(C=C(c2ccccc2)c2ccc(-c3ccc4c(c3)c3ccccc3n4-c3ccccc3)cc2)cc1. The maximum absolute atomic E-state index is 2.36. The quantitative estimate of drug-likeness (QED) is 0.203. The van der Waals surface area contributed by atoms with E-state index in [9.17, 15) is 0 Å². The largest absolute Gasteiger partial charge is 0.309 e. The van der Waals surface area contributed by atoms with Gasteiger partial charge in [-0.05, 0) is 76.7 Å². The fourth-order valence-corrected chi connectivity index (χ4v) is 5.63. The van der Waals surface area contributed by atoms with E-state index in [-0.39, 0.29) is 0 Å². The minimum absolute atomic E-state index is 1.18. The average Bonchev–Trinajstić information content (AvgIpc) is 3.35. The molecule has 0 saturated carbocycles. The number of fused-ring (bicyclic) bond motifs is 3. The molecule has 0 amide bonds. The van der Waals surface area contributed by atoms with E-state index in [4.69, 9.17) is 0 Å². The predicted molar refractivity (Wildman–Crippen MR) is 171 cm³/mol. The molecular weight excluding hydrogens is 482 g/mol. The van der Waals surface area contributed by atoms with Gasteiger partial charge in [-0.15, -0.1) is 0 Å². The smallest absolute Gasteiger partial charge is 0.0541 e. The normalized spacial score (nSPS) is 11.8. The Balaban J connectivity index is 1.31. The zero-order valence-electron chi connectivity index (χ0n) is 22.5. The number of aromatic nitrogens is 1. The van der Waals surface area contributed by atoms with E-state index in [0.29, 0.717) is 0 Å². The van der Waals surface area contributed by atoms with E-state index in [1.54, 1.807) is 0 Å². The number of nitrogens with zero attached hydrogens (tertiary/aromatic N) is 1. The Morgan fingerprint density at radius 2 is 1.10 bits per heavy atom. The van der Waals surface area contributed by atoms with E-state index < -0.39 is 0 Å². The summed E-state index contributed by atoms with van der Waals surface area (Å²) in [5, 5.41) is 2.54. The zero-order valence-corrected chi connectivity index (χ0v) is 22.5. The van der Waals surface area contributed by atoms with Gasteiger partial charge in [0.25, 0.3) is 0 Å². The lowest BCUT2D eigenvalue weighted by Gasteiger charge is -2.11. The minimum atomic E-state index is 1.18. The molecule has 1 aromatic heterocycles. The highest BCUT2D eigenvalue weighted by atomic mass is 15.0. The first-order valence-electron chi connectivity index (χ1n) is 13.8. The summed E-state index contributed by atoms with van der Waals surface area (Å²) < 4.78 is 2.36. The summed E-state index contributed by atoms with van der Waals surface area (Å²) in [4.78, 5) is 0. The molecular formula is C39H29N. The third-order valence-electron chi connectivity index (χ3n) is 7.69. The van der Waals surface area contributed by atoms with Crippen molar-refractivity contribution in [2.45, 2.75) is 6.92 Å². The Hall–Kier alpha value is -5.14. The van der Waals surface area contributed by atoms with E-state index in [0.717, 1.165) is 0 Å². The van der Waals surface area contributed by atoms with Gasteiger partial charge in [0.1, 0.15) is 0 Å². The summed E-state index contributed by atoms with van der Waals surface area (Å²) in [7, 11) is 0. The molecule has 0 radical (unpaired) electrons. The third kappa shape index (κ3) is 4.42. The summed E-state index contributed by atoms with van der Waals surface area (Å²) in [6, 6.07) is 54.5. The summed E-state index contributed by atoms with van der Waals surface area (Å²) in [6.45, 7) is 2.13. The summed E-state index contributed by atoms with van der Waals surface area (Å²) in [5.74, 6) is 0. The van der Waals surface area contributed by atoms with E-state index >= 15 is 0 Å². The van der Waals surface area contributed by atoms with Gasteiger partial charge in [0.05, 0.1) is 11.0 Å². The van der Waals surface area contributed by atoms with Crippen LogP contribution < -0.4 is 0 Å². The number of aryl methyl sites for hydroxylation is 1. The van der Waals surface area contributed by atoms with Gasteiger partial charge in [-0.25, -0.2) is 0 Å². The van der Waals surface area contributed by atoms with Crippen molar-refractivity contribution in [1.29, 1.82) is 0 Å². The Kier molecular flexibility index (Phi) is 6.11. The molecule has 0 spiro atoms. The lowest BCUT2D eigenvalue weighted by atomic mass is 9.93. The predicted octanol–water partition coefficient (Wildman–Crippen LogP) is 10.3. The van der Waals surface area contributed by atoms with Crippen LogP contribution in [0.2, 0.25) is 0 Å². The van der Waals surface area contributed by atoms with Gasteiger partial charge in [0.2, 0.25) is 0 Å². The van der Waals surface area contributed by atoms with Crippen molar-refractivity contribution in [3.63, 3.8) is 0 Å². The molecule has 0 N–H and O–H groups in total. The second-order valence-corrected chi connectivity index (χ2v) is 10.3. The fourth-order valence-electron chi connectivity index (χ4n) is 5.63. The molecule has 7 rings (SSSR count). The first kappa shape index (κ1) is 23.9. The van der Waals surface area contributed by atoms with Crippen molar-refractivity contribution in [1.82, 2.24) is 4.57 Å². The molecule has 0 bridgehead atoms. The van der Waals surface area contributed by atoms with Crippen molar-refractivity contribution >= 4 is 33.5 Å². The van der Waals surface area contributed by atoms with Crippen LogP contribution in [-0.4, -0.2) is 4.57 Å². The highest BCUT2D eigenvalue weighted by Crippen LogP contribution is 2.35. The number of rotatable bonds is 5. The van der Waals surface area contributed by atoms with Crippen LogP contribution >= 0.6 is 0 Å². The Morgan fingerprint density at radius 1 is 0.500 bits per heavy atom. The van der Waals surface area contributed by atoms with Gasteiger partial charge < -0.3 is 4.57 Å². The Morgan fingerprint density at radius 3 is 1.85 bits per heavy atom. The fraction of sp³-hybridized carbons (Fsp3) is 0.0256. The molecule has 0 unspecified atom stereocenters. The highest BCUT2D eigenvalue weighted by Gasteiger charge is 2.13. The van der Waals surface area contributed by atoms with Gasteiger partial charge >= 0.3 is 0 Å². The summed E-state index contributed by atoms with van der Waals surface area (Å²) in [5.41, 5.74) is 12.2. The van der Waals surface area contributed by atoms with Gasteiger partial charge in [0.15, 0.2) is 0 Å². The van der Waals surface area contributed by atoms with Crippen molar-refractivity contribution in [3.05, 3.63) is 174 Å². The van der Waals surface area contributed by atoms with Crippen LogP contribution in [0, 0.1) is 6.92 Å². The van der Waals surface area contributed by atoms with Crippen LogP contribution in [0.1, 0.15) is 22.3 Å². The molecule has 0 aliphatic rings. The lowest BCUT2D eigenvalue weighted by molar-refractivity contribution is 1.18. The van der Waals surface area contributed by atoms with Crippen molar-refractivity contribution < 1.29 is 0 Å². The second-order valence-electron chi connectivity index (χ2n) is 10.3. The van der Waals surface area contributed by atoms with Crippen LogP contribution in [0.3, 0.4) is 0 Å². The Bertz CT molecular complexity index is 1960. The molecule has 7 aromatic rings. The number of hydrogen-bond donors (Lipinski definition) is 0. The second kappa shape index (κ2) is 10.2. The molecule has 1 heterocycles. The number of benzene rings is 6. The molecule has 0 saturated heterocycles. The summed E-state index contributed by atoms with van der Waals surface area (Å²) in [6.07, 6.45) is 2.29. The van der Waals surface area contributed by atoms with Crippen molar-refractivity contribution in [2.24, 2.45) is 0 Å². The first-order chi connectivity index (χ1) is 19.7. The van der Waals surface area contributed by atoms with Crippen molar-refractivity contribution in [2.75, 3.05) is 0 Å². The Labute approximate surface area is 235 Å². The maximum atomic E-state index is 2.36. The van der Waals surface area contributed by atoms with E-state index in [1.165, 1.54) is 66.4 Å². The molecule has 40 heavy (non-hydrogen) atoms. The van der Waals surface area contributed by atoms with Gasteiger partial charge in [-0.3, -0.25) is 0 Å². The molecule has 0 aliphatic carbocycles. The van der Waals surface area contributed by atoms with E-state index in [1.807, 2.05) is 0 Å². The monoisotopic (exact) mass is 511 g/mol. The number of hydrogen-bond acceptors (Lipinski definition) is 0. The molecule has 0 aliphatic heterocycles. The zero-order chi connectivity index (χ0) is 26.9. The van der Waals surface area contributed by atoms with Crippen LogP contribution in [0.15, 0.2) is 152 Å². The molecule has 1 heteroatoms. The highest BCUT2D eigenvalue weighted by molar-refractivity contribution is 6.10. The van der Waals surface area contributed by atoms with Crippen LogP contribution in [0.5, 0.6) is 0 Å². The first-order valence-corrected chi connectivity index (χ1v) is 13.8. The molecule has 190 valence electrons. The average molecular weight is 512 g/mol. The summed E-state index contributed by atoms with van der Waals surface area (Å²) >= 11 is 0. The third-order valence-corrected chi connectivity index (χ3v) is 7.69. The van der Waals surface area contributed by atoms with Crippen LogP contribution in [0.25, 0.3) is 50.3 Å². The van der Waals surface area contributed by atoms with Crippen LogP contribution in [-0.2, 0) is 0 Å². The van der Waals surface area contributed by atoms with E-state index in [2.05, 4.69) is 169 Å². The molecule has 6 aromatic carbocycles. The standard InChI is InChI=1S/C39H29N/c1-28-16-18-29(19-17-28)26-36(31-10-4-2-5-11-31)32-22-20-30(21-23-32)33-24-25-39-37(27-33)35-14-8-9-15-38(35)40(39)34-12-6-3-7-13-34/h2-27H,1H3. The lowest BCUT2D eigenvalue weighted by Crippen LogP contribution is -1.92. The van der Waals surface area contributed by atoms with Gasteiger partial charge in [0, 0.05) is 16.5 Å². The van der Waals surface area contributed by atoms with Crippen LogP contribution in [0.4, 0.5) is 0 Å². The molecule has 0 fully saturated rings. The van der Waals surface area contributed by atoms with Crippen molar-refractivity contribution in [3.8, 4) is 16.8 Å². The molecule has 0 atom stereocenters. The molecule has 1 nitrogen and oxygen atoms in total. The number of para-hydroxylation sites is 2. The van der Waals surface area contributed by atoms with Gasteiger partial charge in [-0.2, -0.15) is 0 Å². The maximum Gasteiger partial charge on any atom is 0.0541 e.